The molecule has 4 heterocycles. The van der Waals surface area contributed by atoms with E-state index in [1.807, 2.05) is 42.7 Å². The van der Waals surface area contributed by atoms with Gasteiger partial charge in [-0.25, -0.2) is 0 Å². The average molecular weight is 595 g/mol. The number of hydrogen-bond acceptors (Lipinski definition) is 6. The van der Waals surface area contributed by atoms with Crippen molar-refractivity contribution >= 4 is 35.2 Å². The number of nitrogens with one attached hydrogen (secondary N) is 2. The lowest BCUT2D eigenvalue weighted by atomic mass is 9.73. The first-order valence-electron chi connectivity index (χ1n) is 15.9. The van der Waals surface area contributed by atoms with Crippen molar-refractivity contribution in [3.8, 4) is 0 Å². The van der Waals surface area contributed by atoms with Crippen LogP contribution in [0.3, 0.4) is 0 Å². The van der Waals surface area contributed by atoms with Crippen LogP contribution >= 0.6 is 11.8 Å². The van der Waals surface area contributed by atoms with Crippen LogP contribution in [0.2, 0.25) is 0 Å². The first kappa shape index (κ1) is 29.7. The number of thioether (sulfide) groups is 1. The van der Waals surface area contributed by atoms with Crippen LogP contribution < -0.4 is 10.6 Å². The molecule has 0 radical (unpaired) electrons. The number of amides is 3. The van der Waals surface area contributed by atoms with Gasteiger partial charge >= 0.3 is 0 Å². The van der Waals surface area contributed by atoms with Crippen LogP contribution in [0.25, 0.3) is 0 Å². The number of likely N-dealkylation sites (tertiary alicyclic amines) is 2. The number of piperidine rings is 1. The Labute approximate surface area is 254 Å². The monoisotopic (exact) mass is 594 g/mol. The molecule has 4 fully saturated rings. The topological polar surface area (TPSA) is 91.0 Å². The molecule has 2 N–H and O–H groups in total. The quantitative estimate of drug-likeness (QED) is 0.344. The van der Waals surface area contributed by atoms with E-state index in [2.05, 4.69) is 36.3 Å². The van der Waals surface area contributed by atoms with E-state index in [1.54, 1.807) is 16.7 Å². The van der Waals surface area contributed by atoms with E-state index in [0.717, 1.165) is 37.1 Å². The van der Waals surface area contributed by atoms with Crippen molar-refractivity contribution in [3.63, 3.8) is 0 Å². The van der Waals surface area contributed by atoms with Crippen molar-refractivity contribution < 1.29 is 19.1 Å². The largest absolute Gasteiger partial charge is 0.359 e. The number of nitrogens with zero attached hydrogens (tertiary/aromatic N) is 2. The molecule has 2 bridgehead atoms. The van der Waals surface area contributed by atoms with E-state index in [-0.39, 0.29) is 23.8 Å². The van der Waals surface area contributed by atoms with Crippen molar-refractivity contribution in [2.45, 2.75) is 94.0 Å². The van der Waals surface area contributed by atoms with E-state index in [9.17, 15) is 14.4 Å². The summed E-state index contributed by atoms with van der Waals surface area (Å²) in [5.41, 5.74) is -0.435. The Bertz CT molecular complexity index is 1240. The summed E-state index contributed by atoms with van der Waals surface area (Å²) < 4.78 is 6.57. The molecule has 8 nitrogen and oxygen atoms in total. The number of anilines is 1. The van der Waals surface area contributed by atoms with E-state index < -0.39 is 29.6 Å². The second kappa shape index (κ2) is 12.0. The second-order valence-corrected chi connectivity index (χ2v) is 14.1. The molecule has 9 heteroatoms. The predicted molar refractivity (Wildman–Crippen MR) is 165 cm³/mol. The summed E-state index contributed by atoms with van der Waals surface area (Å²) in [6.45, 7) is 8.88. The van der Waals surface area contributed by atoms with Gasteiger partial charge in [0.15, 0.2) is 0 Å². The normalized spacial score (nSPS) is 37.6. The van der Waals surface area contributed by atoms with Gasteiger partial charge in [-0.3, -0.25) is 19.3 Å². The zero-order valence-electron chi connectivity index (χ0n) is 25.4. The van der Waals surface area contributed by atoms with Gasteiger partial charge in [0.1, 0.15) is 11.6 Å². The van der Waals surface area contributed by atoms with Gasteiger partial charge in [-0.05, 0) is 69.0 Å². The fourth-order valence-electron chi connectivity index (χ4n) is 8.21. The lowest BCUT2D eigenvalue weighted by Gasteiger charge is -2.39. The second-order valence-electron chi connectivity index (χ2n) is 13.2. The lowest BCUT2D eigenvalue weighted by Crippen LogP contribution is -2.58. The summed E-state index contributed by atoms with van der Waals surface area (Å²) >= 11 is 1.61. The molecule has 0 unspecified atom stereocenters. The Kier molecular flexibility index (Phi) is 8.46. The van der Waals surface area contributed by atoms with Crippen LogP contribution in [0.5, 0.6) is 0 Å². The molecule has 4 aliphatic heterocycles. The van der Waals surface area contributed by atoms with Crippen LogP contribution in [0, 0.1) is 23.7 Å². The van der Waals surface area contributed by atoms with Crippen molar-refractivity contribution in [3.05, 3.63) is 36.4 Å². The van der Waals surface area contributed by atoms with Gasteiger partial charge in [0.05, 0.1) is 17.9 Å². The Hall–Kier alpha value is -2.36. The number of rotatable bonds is 8. The number of benzene rings is 1. The Balaban J connectivity index is 1.28. The summed E-state index contributed by atoms with van der Waals surface area (Å²) in [7, 11) is 0. The maximum Gasteiger partial charge on any atom is 0.246 e. The molecule has 42 heavy (non-hydrogen) atoms. The van der Waals surface area contributed by atoms with Gasteiger partial charge in [0, 0.05) is 35.8 Å². The van der Waals surface area contributed by atoms with Gasteiger partial charge in [-0.15, -0.1) is 11.8 Å². The highest BCUT2D eigenvalue weighted by Gasteiger charge is 2.72. The summed E-state index contributed by atoms with van der Waals surface area (Å²) in [6.07, 6.45) is 12.0. The Morgan fingerprint density at radius 2 is 1.90 bits per heavy atom. The molecule has 6 rings (SSSR count). The minimum absolute atomic E-state index is 0.0705. The van der Waals surface area contributed by atoms with Crippen LogP contribution in [-0.4, -0.2) is 83.2 Å². The summed E-state index contributed by atoms with van der Waals surface area (Å²) in [5.74, 6) is -1.05. The first-order chi connectivity index (χ1) is 20.2. The van der Waals surface area contributed by atoms with Gasteiger partial charge in [-0.1, -0.05) is 51.3 Å². The standard InChI is InChI=1S/C33H46N4O4S/c1-20-9-7-13-25(22(20)3)35-31(39)29-33-15-14-26(41-33)27(30(38)34-23-11-8-12-24(19-23)42-4)28(33)32(40)37(29)18-17-36-16-6-5-10-21(36)2/h8,11-12,14-15,19-22,25-29H,5-7,9-10,13,16-18H2,1-4H3,(H,34,38)(H,35,39)/t20-,21-,22-,25+,26-,27+,28-,29-,33-/m0/s1. The van der Waals surface area contributed by atoms with Gasteiger partial charge in [0.2, 0.25) is 17.7 Å². The number of ether oxygens (including phenoxy) is 1. The Morgan fingerprint density at radius 1 is 1.07 bits per heavy atom. The molecule has 1 aromatic carbocycles. The highest BCUT2D eigenvalue weighted by atomic mass is 32.2. The fraction of sp³-hybridized carbons (Fsp3) is 0.667. The van der Waals surface area contributed by atoms with Crippen molar-refractivity contribution in [2.24, 2.45) is 23.7 Å². The smallest absolute Gasteiger partial charge is 0.246 e. The predicted octanol–water partition coefficient (Wildman–Crippen LogP) is 4.31. The van der Waals surface area contributed by atoms with Gasteiger partial charge < -0.3 is 20.3 Å². The maximum absolute atomic E-state index is 14.3. The summed E-state index contributed by atoms with van der Waals surface area (Å²) in [4.78, 5) is 47.6. The summed E-state index contributed by atoms with van der Waals surface area (Å²) in [5, 5.41) is 6.41. The molecule has 228 valence electrons. The van der Waals surface area contributed by atoms with Crippen molar-refractivity contribution in [2.75, 3.05) is 31.2 Å². The SMILES string of the molecule is CSc1cccc(NC(=O)[C@@H]2[C@@H]3C=C[C@]4(O3)[C@@H]2C(=O)N(CCN2CCCC[C@@H]2C)[C@H]4C(=O)N[C@@H]2CCC[C@H](C)[C@@H]2C)c1. The fourth-order valence-corrected chi connectivity index (χ4v) is 8.67. The van der Waals surface area contributed by atoms with E-state index in [1.165, 1.54) is 12.8 Å². The molecular weight excluding hydrogens is 548 g/mol. The summed E-state index contributed by atoms with van der Waals surface area (Å²) in [6, 6.07) is 7.44. The third-order valence-electron chi connectivity index (χ3n) is 10.9. The van der Waals surface area contributed by atoms with Crippen LogP contribution in [0.1, 0.15) is 59.3 Å². The zero-order chi connectivity index (χ0) is 29.6. The molecular formula is C33H46N4O4S. The molecule has 0 aromatic heterocycles. The molecule has 1 spiro atoms. The lowest BCUT2D eigenvalue weighted by molar-refractivity contribution is -0.142. The van der Waals surface area contributed by atoms with E-state index in [4.69, 9.17) is 4.74 Å². The number of carbonyl (C=O) groups excluding carboxylic acids is 3. The van der Waals surface area contributed by atoms with Gasteiger partial charge in [-0.2, -0.15) is 0 Å². The van der Waals surface area contributed by atoms with E-state index >= 15 is 0 Å². The molecule has 1 saturated carbocycles. The average Bonchev–Trinajstić information content (AvgIpc) is 3.62. The number of carbonyl (C=O) groups is 3. The van der Waals surface area contributed by atoms with E-state index in [0.29, 0.717) is 36.7 Å². The van der Waals surface area contributed by atoms with Gasteiger partial charge in [0.25, 0.3) is 0 Å². The zero-order valence-corrected chi connectivity index (χ0v) is 26.2. The third kappa shape index (κ3) is 5.19. The third-order valence-corrected chi connectivity index (χ3v) is 11.6. The molecule has 5 aliphatic rings. The highest BCUT2D eigenvalue weighted by molar-refractivity contribution is 7.98. The maximum atomic E-state index is 14.3. The number of fused-ring (bicyclic) bond motifs is 1. The molecule has 1 aliphatic carbocycles. The molecule has 1 aromatic rings. The Morgan fingerprint density at radius 3 is 2.69 bits per heavy atom. The minimum atomic E-state index is -1.13. The first-order valence-corrected chi connectivity index (χ1v) is 17.1. The van der Waals surface area contributed by atoms with Crippen LogP contribution in [0.15, 0.2) is 41.3 Å². The van der Waals surface area contributed by atoms with Crippen molar-refractivity contribution in [1.29, 1.82) is 0 Å². The highest BCUT2D eigenvalue weighted by Crippen LogP contribution is 2.55. The molecule has 3 saturated heterocycles. The van der Waals surface area contributed by atoms with Crippen LogP contribution in [0.4, 0.5) is 5.69 Å². The molecule has 3 amide bonds. The number of hydrogen-bond donors (Lipinski definition) is 2. The van der Waals surface area contributed by atoms with Crippen molar-refractivity contribution in [1.82, 2.24) is 15.1 Å². The van der Waals surface area contributed by atoms with Crippen LogP contribution in [-0.2, 0) is 19.1 Å². The molecule has 9 atom stereocenters. The minimum Gasteiger partial charge on any atom is -0.359 e.